The minimum atomic E-state index is -3.32. The number of fused-ring (bicyclic) bond motifs is 3. The number of hydrogen-bond donors (Lipinski definition) is 3. The summed E-state index contributed by atoms with van der Waals surface area (Å²) < 4.78 is 25.4. The van der Waals surface area contributed by atoms with E-state index in [0.717, 1.165) is 33.5 Å². The van der Waals surface area contributed by atoms with Crippen LogP contribution < -0.4 is 16.0 Å². The van der Waals surface area contributed by atoms with Crippen molar-refractivity contribution in [3.63, 3.8) is 0 Å². The largest absolute Gasteiger partial charge is 0.329 e. The maximum atomic E-state index is 13.9. The van der Waals surface area contributed by atoms with Crippen molar-refractivity contribution in [3.8, 4) is 0 Å². The van der Waals surface area contributed by atoms with Crippen LogP contribution >= 0.6 is 0 Å². The Labute approximate surface area is 264 Å². The van der Waals surface area contributed by atoms with Gasteiger partial charge in [0.1, 0.15) is 6.54 Å². The van der Waals surface area contributed by atoms with Crippen LogP contribution in [0.2, 0.25) is 0 Å². The summed E-state index contributed by atoms with van der Waals surface area (Å²) in [7, 11) is -1.46. The molecule has 1 fully saturated rings. The van der Waals surface area contributed by atoms with Gasteiger partial charge in [-0.15, -0.1) is 0 Å². The zero-order chi connectivity index (χ0) is 31.8. The van der Waals surface area contributed by atoms with Crippen molar-refractivity contribution in [3.05, 3.63) is 94.5 Å². The Morgan fingerprint density at radius 2 is 1.67 bits per heavy atom. The number of anilines is 2. The molecule has 3 aromatic rings. The lowest BCUT2D eigenvalue weighted by molar-refractivity contribution is -0.140. The van der Waals surface area contributed by atoms with Crippen LogP contribution in [0.4, 0.5) is 11.4 Å². The Bertz CT molecular complexity index is 1750. The zero-order valence-electron chi connectivity index (χ0n) is 25.6. The summed E-state index contributed by atoms with van der Waals surface area (Å²) >= 11 is 0. The number of carbonyl (C=O) groups is 3. The molecule has 1 atom stereocenters. The number of para-hydroxylation sites is 1. The van der Waals surface area contributed by atoms with E-state index in [2.05, 4.69) is 16.0 Å². The summed E-state index contributed by atoms with van der Waals surface area (Å²) in [5, 5.41) is 9.18. The molecule has 2 aliphatic heterocycles. The number of nitrogens with one attached hydrogen (secondary N) is 3. The number of nitrogens with zero attached hydrogens (tertiary/aromatic N) is 2. The molecule has 1 saturated heterocycles. The van der Waals surface area contributed by atoms with Crippen molar-refractivity contribution in [1.29, 1.82) is 0 Å². The second kappa shape index (κ2) is 12.4. The quantitative estimate of drug-likeness (QED) is 0.334. The summed E-state index contributed by atoms with van der Waals surface area (Å²) in [6, 6.07) is 21.4. The summed E-state index contributed by atoms with van der Waals surface area (Å²) in [6.45, 7) is 1.30. The lowest BCUT2D eigenvalue weighted by atomic mass is 9.79. The van der Waals surface area contributed by atoms with Crippen LogP contribution in [-0.2, 0) is 55.8 Å². The van der Waals surface area contributed by atoms with Gasteiger partial charge in [-0.25, -0.2) is 12.7 Å². The molecule has 1 aliphatic carbocycles. The van der Waals surface area contributed by atoms with Gasteiger partial charge in [0.2, 0.25) is 27.7 Å². The molecule has 6 rings (SSSR count). The molecule has 2 heterocycles. The van der Waals surface area contributed by atoms with Gasteiger partial charge in [-0.1, -0.05) is 48.5 Å². The maximum Gasteiger partial charge on any atom is 0.244 e. The highest BCUT2D eigenvalue weighted by Gasteiger charge is 2.50. The third kappa shape index (κ3) is 6.25. The third-order valence-corrected chi connectivity index (χ3v) is 10.7. The van der Waals surface area contributed by atoms with E-state index in [0.29, 0.717) is 37.9 Å². The van der Waals surface area contributed by atoms with Crippen LogP contribution in [0.15, 0.2) is 66.7 Å². The van der Waals surface area contributed by atoms with Crippen LogP contribution in [0, 0.1) is 5.92 Å². The van der Waals surface area contributed by atoms with Crippen LogP contribution in [0.1, 0.15) is 40.7 Å². The molecule has 0 saturated carbocycles. The molecule has 3 aliphatic rings. The molecule has 1 spiro atoms. The molecule has 1 unspecified atom stereocenters. The van der Waals surface area contributed by atoms with E-state index in [1.165, 1.54) is 10.6 Å². The van der Waals surface area contributed by atoms with Gasteiger partial charge in [0, 0.05) is 43.5 Å². The van der Waals surface area contributed by atoms with E-state index < -0.39 is 15.4 Å². The fourth-order valence-corrected chi connectivity index (χ4v) is 7.91. The zero-order valence-corrected chi connectivity index (χ0v) is 26.5. The number of hydrogen-bond acceptors (Lipinski definition) is 6. The van der Waals surface area contributed by atoms with E-state index >= 15 is 0 Å². The first-order valence-corrected chi connectivity index (χ1v) is 17.2. The van der Waals surface area contributed by atoms with Crippen LogP contribution in [-0.4, -0.2) is 68.3 Å². The van der Waals surface area contributed by atoms with Crippen LogP contribution in [0.25, 0.3) is 0 Å². The first kappa shape index (κ1) is 30.9. The molecule has 0 aromatic heterocycles. The number of rotatable bonds is 9. The van der Waals surface area contributed by atoms with Gasteiger partial charge >= 0.3 is 0 Å². The normalized spacial score (nSPS) is 19.6. The molecule has 45 heavy (non-hydrogen) atoms. The number of sulfonamides is 1. The molecular formula is C34H39N5O5S. The summed E-state index contributed by atoms with van der Waals surface area (Å²) in [6.07, 6.45) is 3.15. The second-order valence-electron chi connectivity index (χ2n) is 12.4. The highest BCUT2D eigenvalue weighted by molar-refractivity contribution is 7.88. The highest BCUT2D eigenvalue weighted by Crippen LogP contribution is 2.47. The van der Waals surface area contributed by atoms with Crippen molar-refractivity contribution in [2.75, 3.05) is 43.6 Å². The molecule has 0 bridgehead atoms. The smallest absolute Gasteiger partial charge is 0.244 e. The van der Waals surface area contributed by atoms with Crippen molar-refractivity contribution in [1.82, 2.24) is 14.5 Å². The Kier molecular flexibility index (Phi) is 8.51. The first-order valence-electron chi connectivity index (χ1n) is 15.4. The summed E-state index contributed by atoms with van der Waals surface area (Å²) in [4.78, 5) is 42.1. The minimum absolute atomic E-state index is 0.000522. The minimum Gasteiger partial charge on any atom is -0.329 e. The Morgan fingerprint density at radius 3 is 2.40 bits per heavy atom. The van der Waals surface area contributed by atoms with Gasteiger partial charge in [-0.05, 0) is 78.7 Å². The monoisotopic (exact) mass is 629 g/mol. The van der Waals surface area contributed by atoms with Gasteiger partial charge in [-0.3, -0.25) is 14.4 Å². The number of benzene rings is 3. The highest BCUT2D eigenvalue weighted by atomic mass is 32.2. The summed E-state index contributed by atoms with van der Waals surface area (Å²) in [5.41, 5.74) is 5.92. The van der Waals surface area contributed by atoms with E-state index in [-0.39, 0.29) is 49.8 Å². The maximum absolute atomic E-state index is 13.9. The van der Waals surface area contributed by atoms with Crippen LogP contribution in [0.5, 0.6) is 0 Å². The van der Waals surface area contributed by atoms with Gasteiger partial charge in [0.05, 0.1) is 11.7 Å². The Hall–Kier alpha value is -4.06. The molecule has 3 amide bonds. The lowest BCUT2D eigenvalue weighted by Gasteiger charge is -2.33. The predicted molar refractivity (Wildman–Crippen MR) is 173 cm³/mol. The molecule has 10 nitrogen and oxygen atoms in total. The second-order valence-corrected chi connectivity index (χ2v) is 14.4. The number of carbonyl (C=O) groups excluding carboxylic acids is 3. The Morgan fingerprint density at radius 1 is 0.978 bits per heavy atom. The van der Waals surface area contributed by atoms with Crippen molar-refractivity contribution >= 4 is 39.1 Å². The Balaban J connectivity index is 1.18. The SMILES string of the molecule is CNCc1ccccc1CN(CC(=O)Nc1ccc2c(c1)CC1(C2)C(=O)Nc2ccccc21)C(=O)C1CCN(S(C)(=O)=O)CC1. The number of piperidine rings is 1. The van der Waals surface area contributed by atoms with Gasteiger partial charge in [0.15, 0.2) is 0 Å². The lowest BCUT2D eigenvalue weighted by Crippen LogP contribution is -2.46. The molecule has 0 radical (unpaired) electrons. The fraction of sp³-hybridized carbons (Fsp3) is 0.382. The molecule has 236 valence electrons. The molecule has 11 heteroatoms. The first-order chi connectivity index (χ1) is 21.6. The number of amides is 3. The van der Waals surface area contributed by atoms with E-state index in [1.54, 1.807) is 4.90 Å². The fourth-order valence-electron chi connectivity index (χ4n) is 7.04. The van der Waals surface area contributed by atoms with Crippen molar-refractivity contribution < 1.29 is 22.8 Å². The van der Waals surface area contributed by atoms with E-state index in [9.17, 15) is 22.8 Å². The van der Waals surface area contributed by atoms with Gasteiger partial charge < -0.3 is 20.9 Å². The van der Waals surface area contributed by atoms with Crippen LogP contribution in [0.3, 0.4) is 0 Å². The third-order valence-electron chi connectivity index (χ3n) is 9.37. The standard InChI is InChI=1S/C34H39N5O5S/c1-35-20-25-7-3-4-8-26(25)21-38(32(41)23-13-15-39(16-14-23)45(2,43)44)22-31(40)36-28-12-11-24-18-34(19-27(24)17-28)29-9-5-6-10-30(29)37-33(34)42/h3-12,17,23,35H,13-16,18-22H2,1-2H3,(H,36,40)(H,37,42). The van der Waals surface area contributed by atoms with Gasteiger partial charge in [0.25, 0.3) is 0 Å². The molecular weight excluding hydrogens is 590 g/mol. The average molecular weight is 630 g/mol. The average Bonchev–Trinajstić information content (AvgIpc) is 3.53. The predicted octanol–water partition coefficient (Wildman–Crippen LogP) is 3.03. The topological polar surface area (TPSA) is 128 Å². The van der Waals surface area contributed by atoms with E-state index in [4.69, 9.17) is 0 Å². The van der Waals surface area contributed by atoms with E-state index in [1.807, 2.05) is 73.8 Å². The molecule has 3 aromatic carbocycles. The summed E-state index contributed by atoms with van der Waals surface area (Å²) in [5.74, 6) is -0.844. The van der Waals surface area contributed by atoms with Gasteiger partial charge in [-0.2, -0.15) is 0 Å². The van der Waals surface area contributed by atoms with Crippen molar-refractivity contribution in [2.24, 2.45) is 5.92 Å². The molecule has 3 N–H and O–H groups in total. The van der Waals surface area contributed by atoms with Crippen molar-refractivity contribution in [2.45, 2.75) is 44.2 Å².